The summed E-state index contributed by atoms with van der Waals surface area (Å²) in [5.74, 6) is 0.564. The number of benzene rings is 1. The van der Waals surface area contributed by atoms with E-state index in [1.54, 1.807) is 7.11 Å². The zero-order chi connectivity index (χ0) is 16.5. The zero-order valence-corrected chi connectivity index (χ0v) is 14.0. The molecule has 0 aliphatic carbocycles. The molecule has 0 radical (unpaired) electrons. The van der Waals surface area contributed by atoms with Gasteiger partial charge in [0.2, 0.25) is 0 Å². The lowest BCUT2D eigenvalue weighted by Gasteiger charge is -2.26. The molecule has 0 atom stereocenters. The highest BCUT2D eigenvalue weighted by Crippen LogP contribution is 2.22. The SMILES string of the molecule is CCCN1CCC(=NNC(=O)CNc2ccccc2OC)CC1. The molecule has 6 heteroatoms. The largest absolute Gasteiger partial charge is 0.495 e. The quantitative estimate of drug-likeness (QED) is 0.756. The molecule has 0 aromatic heterocycles. The fourth-order valence-electron chi connectivity index (χ4n) is 2.61. The molecular formula is C17H26N4O2. The minimum atomic E-state index is -0.153. The van der Waals surface area contributed by atoms with Crippen molar-refractivity contribution in [3.8, 4) is 5.75 Å². The number of nitrogens with one attached hydrogen (secondary N) is 2. The molecule has 1 aromatic carbocycles. The fourth-order valence-corrected chi connectivity index (χ4v) is 2.61. The standard InChI is InChI=1S/C17H26N4O2/c1-3-10-21-11-8-14(9-12-21)19-20-17(22)13-18-15-6-4-5-7-16(15)23-2/h4-7,18H,3,8-13H2,1-2H3,(H,20,22). The van der Waals surface area contributed by atoms with Crippen LogP contribution in [0.15, 0.2) is 29.4 Å². The van der Waals surface area contributed by atoms with Crippen molar-refractivity contribution in [1.82, 2.24) is 10.3 Å². The maximum Gasteiger partial charge on any atom is 0.259 e. The second-order valence-electron chi connectivity index (χ2n) is 5.61. The maximum atomic E-state index is 11.9. The van der Waals surface area contributed by atoms with E-state index in [1.165, 1.54) is 6.42 Å². The predicted molar refractivity (Wildman–Crippen MR) is 93.0 cm³/mol. The Hall–Kier alpha value is -2.08. The van der Waals surface area contributed by atoms with Crippen LogP contribution in [0, 0.1) is 0 Å². The minimum Gasteiger partial charge on any atom is -0.495 e. The van der Waals surface area contributed by atoms with Crippen LogP contribution in [0.1, 0.15) is 26.2 Å². The first kappa shape index (κ1) is 17.3. The lowest BCUT2D eigenvalue weighted by atomic mass is 10.1. The number of hydrogen-bond donors (Lipinski definition) is 2. The number of likely N-dealkylation sites (tertiary alicyclic amines) is 1. The maximum absolute atomic E-state index is 11.9. The van der Waals surface area contributed by atoms with E-state index in [0.717, 1.165) is 49.6 Å². The van der Waals surface area contributed by atoms with Gasteiger partial charge in [0.15, 0.2) is 0 Å². The number of methoxy groups -OCH3 is 1. The number of ether oxygens (including phenoxy) is 1. The van der Waals surface area contributed by atoms with Gasteiger partial charge in [-0.3, -0.25) is 4.79 Å². The second-order valence-corrected chi connectivity index (χ2v) is 5.61. The highest BCUT2D eigenvalue weighted by molar-refractivity contribution is 5.88. The average Bonchev–Trinajstić information content (AvgIpc) is 2.60. The van der Waals surface area contributed by atoms with Gasteiger partial charge in [-0.05, 0) is 25.1 Å². The first-order valence-electron chi connectivity index (χ1n) is 8.16. The number of carbonyl (C=O) groups excluding carboxylic acids is 1. The molecule has 1 aliphatic heterocycles. The summed E-state index contributed by atoms with van der Waals surface area (Å²) in [7, 11) is 1.61. The summed E-state index contributed by atoms with van der Waals surface area (Å²) >= 11 is 0. The molecule has 23 heavy (non-hydrogen) atoms. The number of carbonyl (C=O) groups is 1. The van der Waals surface area contributed by atoms with Gasteiger partial charge >= 0.3 is 0 Å². The fraction of sp³-hybridized carbons (Fsp3) is 0.529. The van der Waals surface area contributed by atoms with Gasteiger partial charge in [-0.15, -0.1) is 0 Å². The van der Waals surface area contributed by atoms with E-state index in [4.69, 9.17) is 4.74 Å². The van der Waals surface area contributed by atoms with Crippen LogP contribution in [0.25, 0.3) is 0 Å². The average molecular weight is 318 g/mol. The summed E-state index contributed by atoms with van der Waals surface area (Å²) < 4.78 is 5.24. The predicted octanol–water partition coefficient (Wildman–Crippen LogP) is 2.09. The molecule has 0 bridgehead atoms. The van der Waals surface area contributed by atoms with Gasteiger partial charge in [0, 0.05) is 31.6 Å². The van der Waals surface area contributed by atoms with E-state index >= 15 is 0 Å². The Bertz CT molecular complexity index is 535. The van der Waals surface area contributed by atoms with Crippen LogP contribution in [0.4, 0.5) is 5.69 Å². The third-order valence-electron chi connectivity index (χ3n) is 3.86. The van der Waals surface area contributed by atoms with Crippen LogP contribution in [0.5, 0.6) is 5.75 Å². The van der Waals surface area contributed by atoms with E-state index in [1.807, 2.05) is 24.3 Å². The van der Waals surface area contributed by atoms with Crippen LogP contribution in [-0.2, 0) is 4.79 Å². The van der Waals surface area contributed by atoms with E-state index in [2.05, 4.69) is 27.7 Å². The summed E-state index contributed by atoms with van der Waals surface area (Å²) in [6, 6.07) is 7.51. The summed E-state index contributed by atoms with van der Waals surface area (Å²) in [5, 5.41) is 7.31. The zero-order valence-electron chi connectivity index (χ0n) is 14.0. The molecule has 1 heterocycles. The number of hydrazone groups is 1. The Labute approximate surface area is 137 Å². The third kappa shape index (κ3) is 5.56. The van der Waals surface area contributed by atoms with Crippen molar-refractivity contribution in [3.05, 3.63) is 24.3 Å². The van der Waals surface area contributed by atoms with Crippen LogP contribution in [0.2, 0.25) is 0 Å². The van der Waals surface area contributed by atoms with Gasteiger partial charge in [0.1, 0.15) is 5.75 Å². The molecular weight excluding hydrogens is 292 g/mol. The molecule has 2 N–H and O–H groups in total. The molecule has 1 aliphatic rings. The Balaban J connectivity index is 1.74. The topological polar surface area (TPSA) is 66.0 Å². The number of piperidine rings is 1. The van der Waals surface area contributed by atoms with Crippen molar-refractivity contribution in [2.24, 2.45) is 5.10 Å². The van der Waals surface area contributed by atoms with Gasteiger partial charge in [-0.25, -0.2) is 5.43 Å². The van der Waals surface area contributed by atoms with Crippen molar-refractivity contribution in [2.75, 3.05) is 38.6 Å². The van der Waals surface area contributed by atoms with Crippen LogP contribution in [0.3, 0.4) is 0 Å². The lowest BCUT2D eigenvalue weighted by molar-refractivity contribution is -0.119. The summed E-state index contributed by atoms with van der Waals surface area (Å²) in [5.41, 5.74) is 4.50. The van der Waals surface area contributed by atoms with Crippen molar-refractivity contribution >= 4 is 17.3 Å². The molecule has 2 rings (SSSR count). The molecule has 0 spiro atoms. The van der Waals surface area contributed by atoms with Gasteiger partial charge in [0.05, 0.1) is 19.3 Å². The molecule has 0 unspecified atom stereocenters. The molecule has 1 saturated heterocycles. The number of para-hydroxylation sites is 2. The number of amides is 1. The Morgan fingerprint density at radius 1 is 1.30 bits per heavy atom. The monoisotopic (exact) mass is 318 g/mol. The van der Waals surface area contributed by atoms with Crippen LogP contribution < -0.4 is 15.5 Å². The van der Waals surface area contributed by atoms with Crippen molar-refractivity contribution < 1.29 is 9.53 Å². The van der Waals surface area contributed by atoms with Crippen LogP contribution >= 0.6 is 0 Å². The normalized spacial score (nSPS) is 15.1. The third-order valence-corrected chi connectivity index (χ3v) is 3.86. The number of nitrogens with zero attached hydrogens (tertiary/aromatic N) is 2. The van der Waals surface area contributed by atoms with E-state index in [0.29, 0.717) is 0 Å². The van der Waals surface area contributed by atoms with Crippen LogP contribution in [-0.4, -0.2) is 49.8 Å². The van der Waals surface area contributed by atoms with Crippen molar-refractivity contribution in [3.63, 3.8) is 0 Å². The van der Waals surface area contributed by atoms with Gasteiger partial charge in [-0.2, -0.15) is 5.10 Å². The van der Waals surface area contributed by atoms with E-state index in [9.17, 15) is 4.79 Å². The summed E-state index contributed by atoms with van der Waals surface area (Å²) in [6.07, 6.45) is 3.04. The summed E-state index contributed by atoms with van der Waals surface area (Å²) in [4.78, 5) is 14.3. The Morgan fingerprint density at radius 2 is 2.04 bits per heavy atom. The molecule has 1 fully saturated rings. The number of hydrogen-bond acceptors (Lipinski definition) is 5. The van der Waals surface area contributed by atoms with Gasteiger partial charge in [-0.1, -0.05) is 19.1 Å². The van der Waals surface area contributed by atoms with Gasteiger partial charge < -0.3 is 15.0 Å². The first-order valence-corrected chi connectivity index (χ1v) is 8.16. The highest BCUT2D eigenvalue weighted by Gasteiger charge is 2.14. The molecule has 1 aromatic rings. The number of rotatable bonds is 7. The molecule has 6 nitrogen and oxygen atoms in total. The molecule has 126 valence electrons. The van der Waals surface area contributed by atoms with E-state index < -0.39 is 0 Å². The van der Waals surface area contributed by atoms with Gasteiger partial charge in [0.25, 0.3) is 5.91 Å². The first-order chi connectivity index (χ1) is 11.2. The minimum absolute atomic E-state index is 0.153. The smallest absolute Gasteiger partial charge is 0.259 e. The lowest BCUT2D eigenvalue weighted by Crippen LogP contribution is -2.35. The summed E-state index contributed by atoms with van der Waals surface area (Å²) in [6.45, 7) is 5.56. The second kappa shape index (κ2) is 9.15. The van der Waals surface area contributed by atoms with Crippen molar-refractivity contribution in [2.45, 2.75) is 26.2 Å². The Kier molecular flexibility index (Phi) is 6.87. The highest BCUT2D eigenvalue weighted by atomic mass is 16.5. The Morgan fingerprint density at radius 3 is 2.74 bits per heavy atom. The molecule has 0 saturated carbocycles. The van der Waals surface area contributed by atoms with Crippen molar-refractivity contribution in [1.29, 1.82) is 0 Å². The molecule has 1 amide bonds. The van der Waals surface area contributed by atoms with E-state index in [-0.39, 0.29) is 12.5 Å². The number of anilines is 1.